The van der Waals surface area contributed by atoms with Crippen LogP contribution in [0.5, 0.6) is 0 Å². The normalized spacial score (nSPS) is 8.28. The van der Waals surface area contributed by atoms with Crippen LogP contribution in [-0.2, 0) is 54.6 Å². The number of ketones is 3. The Morgan fingerprint density at radius 3 is 0.680 bits per heavy atom. The number of rotatable bonds is 9. The minimum absolute atomic E-state index is 0. The van der Waals surface area contributed by atoms with Crippen molar-refractivity contribution in [1.29, 1.82) is 0 Å². The van der Waals surface area contributed by atoms with Crippen molar-refractivity contribution < 1.29 is 69.9 Å². The maximum atomic E-state index is 10.1. The zero-order valence-corrected chi connectivity index (χ0v) is 16.4. The Balaban J connectivity index is -0.000000130. The molecule has 0 rings (SSSR count). The first-order valence-electron chi connectivity index (χ1n) is 7.02. The second-order valence-electron chi connectivity index (χ2n) is 4.79. The van der Waals surface area contributed by atoms with Gasteiger partial charge in [0.05, 0.1) is 19.3 Å². The molecule has 0 aliphatic heterocycles. The van der Waals surface area contributed by atoms with Crippen molar-refractivity contribution in [3.63, 3.8) is 0 Å². The monoisotopic (exact) mass is 393 g/mol. The summed E-state index contributed by atoms with van der Waals surface area (Å²) in [6, 6.07) is 0. The number of Topliss-reactive ketones (excluding diaryl/α,β-unsaturated/α-hetero) is 3. The number of carboxylic acids is 3. The summed E-state index contributed by atoms with van der Waals surface area (Å²) in [6.07, 6.45) is 0.306. The van der Waals surface area contributed by atoms with Crippen LogP contribution in [0.4, 0.5) is 0 Å². The first-order valence-corrected chi connectivity index (χ1v) is 7.02. The Hall–Kier alpha value is -1.71. The molecule has 0 amide bonds. The molecule has 3 N–H and O–H groups in total. The second kappa shape index (κ2) is 20.3. The quantitative estimate of drug-likeness (QED) is 0.524. The fourth-order valence-electron chi connectivity index (χ4n) is 0.849. The van der Waals surface area contributed by atoms with E-state index in [9.17, 15) is 28.8 Å². The largest absolute Gasteiger partial charge is 0.481 e. The van der Waals surface area contributed by atoms with E-state index in [-0.39, 0.29) is 81.7 Å². The van der Waals surface area contributed by atoms with Crippen molar-refractivity contribution in [1.82, 2.24) is 0 Å². The van der Waals surface area contributed by atoms with Gasteiger partial charge in [-0.05, 0) is 20.8 Å². The molecule has 10 heteroatoms. The van der Waals surface area contributed by atoms with Gasteiger partial charge < -0.3 is 29.7 Å². The molecule has 0 aliphatic rings. The molecule has 141 valence electrons. The van der Waals surface area contributed by atoms with Crippen LogP contribution < -0.4 is 0 Å². The van der Waals surface area contributed by atoms with Gasteiger partial charge in [-0.15, -0.1) is 0 Å². The summed E-state index contributed by atoms with van der Waals surface area (Å²) in [5.74, 6) is -2.98. The Kier molecular flexibility index (Phi) is 25.3. The van der Waals surface area contributed by atoms with Gasteiger partial charge in [-0.3, -0.25) is 14.4 Å². The van der Waals surface area contributed by atoms with Gasteiger partial charge in [0, 0.05) is 45.1 Å². The molecule has 9 nitrogen and oxygen atoms in total. The average Bonchev–Trinajstić information content (AvgIpc) is 2.42. The number of carbonyl (C=O) groups excluding carboxylic acids is 3. The maximum Gasteiger partial charge on any atom is 0.303 e. The summed E-state index contributed by atoms with van der Waals surface area (Å²) in [5, 5.41) is 24.0. The van der Waals surface area contributed by atoms with Crippen LogP contribution in [-0.4, -0.2) is 50.6 Å². The van der Waals surface area contributed by atoms with E-state index in [0.29, 0.717) is 0 Å². The molecule has 0 heterocycles. The van der Waals surface area contributed by atoms with Crippen molar-refractivity contribution in [2.24, 2.45) is 0 Å². The summed E-state index contributed by atoms with van der Waals surface area (Å²) in [4.78, 5) is 59.5. The molecule has 0 aliphatic carbocycles. The van der Waals surface area contributed by atoms with Gasteiger partial charge in [-0.2, -0.15) is 0 Å². The number of aliphatic carboxylic acids is 3. The Labute approximate surface area is 164 Å². The first kappa shape index (κ1) is 31.1. The first-order chi connectivity index (χ1) is 10.9. The van der Waals surface area contributed by atoms with Crippen molar-refractivity contribution >= 4 is 35.3 Å². The van der Waals surface area contributed by atoms with E-state index in [1.54, 1.807) is 0 Å². The third kappa shape index (κ3) is 52.0. The summed E-state index contributed by atoms with van der Waals surface area (Å²) in [7, 11) is 0. The van der Waals surface area contributed by atoms with Gasteiger partial charge in [0.1, 0.15) is 17.3 Å². The third-order valence-electron chi connectivity index (χ3n) is 2.07. The molecule has 0 bridgehead atoms. The van der Waals surface area contributed by atoms with Crippen molar-refractivity contribution in [3.8, 4) is 0 Å². The van der Waals surface area contributed by atoms with Crippen LogP contribution in [0.15, 0.2) is 0 Å². The fourth-order valence-corrected chi connectivity index (χ4v) is 0.849. The van der Waals surface area contributed by atoms with E-state index in [1.807, 2.05) is 0 Å². The van der Waals surface area contributed by atoms with E-state index in [0.717, 1.165) is 0 Å². The van der Waals surface area contributed by atoms with Crippen molar-refractivity contribution in [2.75, 3.05) is 0 Å². The minimum Gasteiger partial charge on any atom is -0.481 e. The minimum atomic E-state index is -0.916. The predicted octanol–water partition coefficient (Wildman–Crippen LogP) is 1.32. The zero-order valence-electron chi connectivity index (χ0n) is 14.6. The van der Waals surface area contributed by atoms with Crippen molar-refractivity contribution in [2.45, 2.75) is 59.3 Å². The summed E-state index contributed by atoms with van der Waals surface area (Å²) in [6.45, 7) is 4.13. The Morgan fingerprint density at radius 2 is 0.640 bits per heavy atom. The molecule has 1 radical (unpaired) electrons. The van der Waals surface area contributed by atoms with E-state index in [1.165, 1.54) is 20.8 Å². The van der Waals surface area contributed by atoms with E-state index < -0.39 is 17.9 Å². The standard InChI is InChI=1S/3C5H8O3.Sc/c3*1-4(6)2-3-5(7)8;/h3*2-3H2,1H3,(H,7,8);. The van der Waals surface area contributed by atoms with Gasteiger partial charge in [0.2, 0.25) is 0 Å². The molecule has 0 unspecified atom stereocenters. The number of hydrogen-bond donors (Lipinski definition) is 3. The molecule has 0 saturated heterocycles. The van der Waals surface area contributed by atoms with Crippen molar-refractivity contribution in [3.05, 3.63) is 0 Å². The Morgan fingerprint density at radius 1 is 0.480 bits per heavy atom. The summed E-state index contributed by atoms with van der Waals surface area (Å²) < 4.78 is 0. The Bertz CT molecular complexity index is 349. The van der Waals surface area contributed by atoms with Gasteiger partial charge >= 0.3 is 17.9 Å². The fraction of sp³-hybridized carbons (Fsp3) is 0.600. The van der Waals surface area contributed by atoms with E-state index >= 15 is 0 Å². The maximum absolute atomic E-state index is 10.1. The second-order valence-corrected chi connectivity index (χ2v) is 4.79. The van der Waals surface area contributed by atoms with E-state index in [4.69, 9.17) is 15.3 Å². The molecular formula is C15H24O9Sc. The molecular weight excluding hydrogens is 369 g/mol. The molecule has 0 saturated carbocycles. The van der Waals surface area contributed by atoms with Gasteiger partial charge in [0.25, 0.3) is 0 Å². The smallest absolute Gasteiger partial charge is 0.303 e. The SMILES string of the molecule is CC(=O)CCC(=O)O.CC(=O)CCC(=O)O.CC(=O)CCC(=O)O.[Sc]. The molecule has 25 heavy (non-hydrogen) atoms. The van der Waals surface area contributed by atoms with Crippen LogP contribution in [0.2, 0.25) is 0 Å². The van der Waals surface area contributed by atoms with Crippen LogP contribution in [0.25, 0.3) is 0 Å². The van der Waals surface area contributed by atoms with E-state index in [2.05, 4.69) is 0 Å². The van der Waals surface area contributed by atoms with Crippen LogP contribution >= 0.6 is 0 Å². The molecule has 0 aromatic rings. The summed E-state index contributed by atoms with van der Waals surface area (Å²) in [5.41, 5.74) is 0. The molecule has 0 aromatic carbocycles. The topological polar surface area (TPSA) is 163 Å². The zero-order chi connectivity index (χ0) is 19.7. The van der Waals surface area contributed by atoms with Gasteiger partial charge in [0.15, 0.2) is 0 Å². The predicted molar refractivity (Wildman–Crippen MR) is 82.7 cm³/mol. The van der Waals surface area contributed by atoms with Crippen LogP contribution in [0, 0.1) is 0 Å². The third-order valence-corrected chi connectivity index (χ3v) is 2.07. The van der Waals surface area contributed by atoms with Gasteiger partial charge in [-0.25, -0.2) is 0 Å². The average molecular weight is 393 g/mol. The number of hydrogen-bond acceptors (Lipinski definition) is 6. The molecule has 0 aromatic heterocycles. The molecule has 0 fully saturated rings. The number of carbonyl (C=O) groups is 6. The van der Waals surface area contributed by atoms with Crippen LogP contribution in [0.3, 0.4) is 0 Å². The van der Waals surface area contributed by atoms with Crippen LogP contribution in [0.1, 0.15) is 59.3 Å². The van der Waals surface area contributed by atoms with Gasteiger partial charge in [-0.1, -0.05) is 0 Å². The molecule has 0 atom stereocenters. The molecule has 0 spiro atoms. The summed E-state index contributed by atoms with van der Waals surface area (Å²) >= 11 is 0. The number of carboxylic acid groups (broad SMARTS) is 3.